The minimum Gasteiger partial charge on any atom is -0.381 e. The van der Waals surface area contributed by atoms with Crippen molar-refractivity contribution in [3.05, 3.63) is 32.8 Å². The zero-order valence-corrected chi connectivity index (χ0v) is 10.4. The Kier molecular flexibility index (Phi) is 2.86. The van der Waals surface area contributed by atoms with Crippen LogP contribution >= 0.6 is 39.1 Å². The van der Waals surface area contributed by atoms with Crippen molar-refractivity contribution in [1.82, 2.24) is 15.0 Å². The van der Waals surface area contributed by atoms with Crippen LogP contribution in [0.4, 0.5) is 5.82 Å². The maximum absolute atomic E-state index is 6.05. The number of nitrogens with zero attached hydrogens (tertiary/aromatic N) is 3. The largest absolute Gasteiger partial charge is 0.381 e. The lowest BCUT2D eigenvalue weighted by Crippen LogP contribution is -1.96. The van der Waals surface area contributed by atoms with E-state index >= 15 is 0 Å². The molecule has 1 heterocycles. The molecule has 0 radical (unpaired) electrons. The number of halogens is 3. The number of nitrogens with two attached hydrogens (primary N) is 1. The molecule has 0 aliphatic carbocycles. The van der Waals surface area contributed by atoms with E-state index in [2.05, 4.69) is 26.2 Å². The first-order valence-electron chi connectivity index (χ1n) is 3.91. The van der Waals surface area contributed by atoms with Gasteiger partial charge in [-0.05, 0) is 28.1 Å². The third-order valence-electron chi connectivity index (χ3n) is 1.77. The van der Waals surface area contributed by atoms with Crippen molar-refractivity contribution in [3.63, 3.8) is 0 Å². The Bertz CT molecular complexity index is 511. The quantitative estimate of drug-likeness (QED) is 0.824. The molecule has 0 fully saturated rings. The van der Waals surface area contributed by atoms with Crippen molar-refractivity contribution < 1.29 is 0 Å². The van der Waals surface area contributed by atoms with E-state index in [9.17, 15) is 0 Å². The van der Waals surface area contributed by atoms with Crippen LogP contribution in [0.5, 0.6) is 0 Å². The fraction of sp³-hybridized carbons (Fsp3) is 0. The molecule has 0 saturated carbocycles. The van der Waals surface area contributed by atoms with Gasteiger partial charge in [-0.25, -0.2) is 4.68 Å². The average molecular weight is 308 g/mol. The van der Waals surface area contributed by atoms with E-state index in [-0.39, 0.29) is 0 Å². The number of hydrogen-bond donors (Lipinski definition) is 1. The molecule has 0 amide bonds. The molecule has 0 saturated heterocycles. The van der Waals surface area contributed by atoms with Gasteiger partial charge < -0.3 is 5.73 Å². The van der Waals surface area contributed by atoms with Crippen LogP contribution in [0.15, 0.2) is 22.8 Å². The standard InChI is InChI=1S/C8H5BrCl2N4/c9-4-1-2-5(8(11)7(4)10)15-3-6(12)13-14-15/h1-3H,12H2. The van der Waals surface area contributed by atoms with Gasteiger partial charge in [-0.15, -0.1) is 5.10 Å². The van der Waals surface area contributed by atoms with Gasteiger partial charge in [0, 0.05) is 4.47 Å². The fourth-order valence-electron chi connectivity index (χ4n) is 1.09. The minimum absolute atomic E-state index is 0.324. The summed E-state index contributed by atoms with van der Waals surface area (Å²) in [6, 6.07) is 3.55. The Morgan fingerprint density at radius 2 is 2.00 bits per heavy atom. The summed E-state index contributed by atoms with van der Waals surface area (Å²) in [5.74, 6) is 0.324. The highest BCUT2D eigenvalue weighted by molar-refractivity contribution is 9.10. The number of rotatable bonds is 1. The van der Waals surface area contributed by atoms with Crippen molar-refractivity contribution in [2.75, 3.05) is 5.73 Å². The van der Waals surface area contributed by atoms with E-state index in [4.69, 9.17) is 28.9 Å². The Morgan fingerprint density at radius 3 is 2.60 bits per heavy atom. The number of anilines is 1. The zero-order chi connectivity index (χ0) is 11.0. The van der Waals surface area contributed by atoms with E-state index in [1.54, 1.807) is 18.3 Å². The Morgan fingerprint density at radius 1 is 1.27 bits per heavy atom. The van der Waals surface area contributed by atoms with Gasteiger partial charge in [-0.1, -0.05) is 28.4 Å². The summed E-state index contributed by atoms with van der Waals surface area (Å²) in [7, 11) is 0. The molecule has 15 heavy (non-hydrogen) atoms. The SMILES string of the molecule is Nc1cn(-c2ccc(Br)c(Cl)c2Cl)nn1. The number of nitrogen functional groups attached to an aromatic ring is 1. The predicted molar refractivity (Wildman–Crippen MR) is 63.5 cm³/mol. The lowest BCUT2D eigenvalue weighted by molar-refractivity contribution is 0.804. The molecule has 2 rings (SSSR count). The zero-order valence-electron chi connectivity index (χ0n) is 7.28. The van der Waals surface area contributed by atoms with Crippen molar-refractivity contribution in [2.45, 2.75) is 0 Å². The average Bonchev–Trinajstić information content (AvgIpc) is 2.61. The number of benzene rings is 1. The number of hydrogen-bond acceptors (Lipinski definition) is 3. The fourth-order valence-corrected chi connectivity index (χ4v) is 1.94. The van der Waals surface area contributed by atoms with Crippen LogP contribution in [0.1, 0.15) is 0 Å². The molecule has 0 spiro atoms. The molecule has 2 N–H and O–H groups in total. The Balaban J connectivity index is 2.59. The van der Waals surface area contributed by atoms with Crippen LogP contribution in [-0.4, -0.2) is 15.0 Å². The second kappa shape index (κ2) is 4.00. The maximum atomic E-state index is 6.05. The highest BCUT2D eigenvalue weighted by atomic mass is 79.9. The monoisotopic (exact) mass is 306 g/mol. The third kappa shape index (κ3) is 1.95. The number of aromatic nitrogens is 3. The van der Waals surface area contributed by atoms with Gasteiger partial charge >= 0.3 is 0 Å². The second-order valence-electron chi connectivity index (χ2n) is 2.78. The van der Waals surface area contributed by atoms with Gasteiger partial charge in [-0.2, -0.15) is 0 Å². The molecule has 0 aliphatic rings. The van der Waals surface area contributed by atoms with E-state index in [0.717, 1.165) is 4.47 Å². The summed E-state index contributed by atoms with van der Waals surface area (Å²) >= 11 is 15.3. The minimum atomic E-state index is 0.324. The Labute approximate surface area is 104 Å². The topological polar surface area (TPSA) is 56.7 Å². The van der Waals surface area contributed by atoms with Crippen molar-refractivity contribution >= 4 is 44.9 Å². The molecule has 4 nitrogen and oxygen atoms in total. The molecule has 1 aromatic carbocycles. The van der Waals surface area contributed by atoms with E-state index in [1.807, 2.05) is 0 Å². The lowest BCUT2D eigenvalue weighted by atomic mass is 10.3. The van der Waals surface area contributed by atoms with Gasteiger partial charge in [0.15, 0.2) is 5.82 Å². The highest BCUT2D eigenvalue weighted by Crippen LogP contribution is 2.34. The van der Waals surface area contributed by atoms with Crippen LogP contribution in [0.2, 0.25) is 10.0 Å². The van der Waals surface area contributed by atoms with E-state index in [1.165, 1.54) is 4.68 Å². The molecule has 1 aromatic heterocycles. The van der Waals surface area contributed by atoms with Crippen LogP contribution < -0.4 is 5.73 Å². The van der Waals surface area contributed by atoms with Gasteiger partial charge in [0.05, 0.1) is 21.9 Å². The summed E-state index contributed by atoms with van der Waals surface area (Å²) in [4.78, 5) is 0. The Hall–Kier alpha value is -0.780. The molecule has 0 atom stereocenters. The first-order valence-corrected chi connectivity index (χ1v) is 5.46. The predicted octanol–water partition coefficient (Wildman–Crippen LogP) is 2.92. The van der Waals surface area contributed by atoms with Crippen molar-refractivity contribution in [1.29, 1.82) is 0 Å². The highest BCUT2D eigenvalue weighted by Gasteiger charge is 2.10. The van der Waals surface area contributed by atoms with Gasteiger partial charge in [0.2, 0.25) is 0 Å². The summed E-state index contributed by atoms with van der Waals surface area (Å²) in [6.07, 6.45) is 1.56. The second-order valence-corrected chi connectivity index (χ2v) is 4.39. The molecule has 0 unspecified atom stereocenters. The van der Waals surface area contributed by atoms with Crippen LogP contribution in [0, 0.1) is 0 Å². The van der Waals surface area contributed by atoms with Crippen molar-refractivity contribution in [3.8, 4) is 5.69 Å². The maximum Gasteiger partial charge on any atom is 0.166 e. The first-order chi connectivity index (χ1) is 7.09. The van der Waals surface area contributed by atoms with E-state index in [0.29, 0.717) is 21.6 Å². The van der Waals surface area contributed by atoms with E-state index < -0.39 is 0 Å². The van der Waals surface area contributed by atoms with Crippen LogP contribution in [-0.2, 0) is 0 Å². The van der Waals surface area contributed by atoms with Crippen LogP contribution in [0.25, 0.3) is 5.69 Å². The summed E-state index contributed by atoms with van der Waals surface area (Å²) in [6.45, 7) is 0. The molecular weight excluding hydrogens is 303 g/mol. The summed E-state index contributed by atoms with van der Waals surface area (Å²) in [5, 5.41) is 8.30. The van der Waals surface area contributed by atoms with Gasteiger partial charge in [-0.3, -0.25) is 0 Å². The van der Waals surface area contributed by atoms with Crippen LogP contribution in [0.3, 0.4) is 0 Å². The molecule has 78 valence electrons. The normalized spacial score (nSPS) is 10.6. The molecular formula is C8H5BrCl2N4. The molecule has 0 aliphatic heterocycles. The van der Waals surface area contributed by atoms with Gasteiger partial charge in [0.1, 0.15) is 0 Å². The molecule has 7 heteroatoms. The lowest BCUT2D eigenvalue weighted by Gasteiger charge is -2.05. The smallest absolute Gasteiger partial charge is 0.166 e. The summed E-state index contributed by atoms with van der Waals surface area (Å²) in [5.41, 5.74) is 6.09. The van der Waals surface area contributed by atoms with Crippen molar-refractivity contribution in [2.24, 2.45) is 0 Å². The first kappa shape index (κ1) is 10.7. The van der Waals surface area contributed by atoms with Gasteiger partial charge in [0.25, 0.3) is 0 Å². The summed E-state index contributed by atoms with van der Waals surface area (Å²) < 4.78 is 2.20. The third-order valence-corrected chi connectivity index (χ3v) is 3.53. The molecule has 2 aromatic rings. The molecule has 0 bridgehead atoms.